The highest BCUT2D eigenvalue weighted by atomic mass is 16.6. The van der Waals surface area contributed by atoms with Crippen molar-refractivity contribution in [2.75, 3.05) is 13.1 Å². The number of pyridine rings is 1. The monoisotopic (exact) mass is 294 g/mol. The molecule has 1 amide bonds. The topological polar surface area (TPSA) is 97.5 Å². The molecule has 0 aliphatic carbocycles. The highest BCUT2D eigenvalue weighted by Crippen LogP contribution is 2.11. The summed E-state index contributed by atoms with van der Waals surface area (Å²) in [5.41, 5.74) is -0.631. The molecule has 1 aliphatic heterocycles. The van der Waals surface area contributed by atoms with Gasteiger partial charge in [-0.05, 0) is 13.8 Å². The Balaban J connectivity index is 2.17. The summed E-state index contributed by atoms with van der Waals surface area (Å²) in [5.74, 6) is -0.210. The van der Waals surface area contributed by atoms with Gasteiger partial charge in [-0.25, -0.2) is 0 Å². The van der Waals surface area contributed by atoms with Crippen LogP contribution in [0, 0.1) is 10.1 Å². The van der Waals surface area contributed by atoms with Crippen LogP contribution in [-0.4, -0.2) is 45.5 Å². The van der Waals surface area contributed by atoms with Crippen molar-refractivity contribution in [3.8, 4) is 0 Å². The Kier molecular flexibility index (Phi) is 4.37. The van der Waals surface area contributed by atoms with Crippen LogP contribution < -0.4 is 10.9 Å². The zero-order valence-corrected chi connectivity index (χ0v) is 12.0. The van der Waals surface area contributed by atoms with Gasteiger partial charge in [-0.1, -0.05) is 0 Å². The first-order valence-electron chi connectivity index (χ1n) is 6.78. The third-order valence-corrected chi connectivity index (χ3v) is 3.84. The van der Waals surface area contributed by atoms with Gasteiger partial charge >= 0.3 is 0 Å². The van der Waals surface area contributed by atoms with E-state index in [4.69, 9.17) is 0 Å². The molecule has 1 aliphatic rings. The number of aromatic nitrogens is 1. The van der Waals surface area contributed by atoms with Crippen molar-refractivity contribution in [3.05, 3.63) is 38.8 Å². The number of nitrogens with one attached hydrogen (secondary N) is 1. The number of hydrogen-bond donors (Lipinski definition) is 1. The molecule has 8 nitrogen and oxygen atoms in total. The number of nitrogens with zero attached hydrogens (tertiary/aromatic N) is 3. The Morgan fingerprint density at radius 3 is 2.86 bits per heavy atom. The number of rotatable bonds is 3. The molecular formula is C13H18N4O4. The summed E-state index contributed by atoms with van der Waals surface area (Å²) in [7, 11) is 0. The van der Waals surface area contributed by atoms with Crippen LogP contribution in [0.1, 0.15) is 13.8 Å². The lowest BCUT2D eigenvalue weighted by atomic mass is 10.1. The van der Waals surface area contributed by atoms with Gasteiger partial charge in [0.25, 0.3) is 11.2 Å². The van der Waals surface area contributed by atoms with Crippen molar-refractivity contribution in [1.29, 1.82) is 0 Å². The van der Waals surface area contributed by atoms with Gasteiger partial charge in [0.15, 0.2) is 0 Å². The van der Waals surface area contributed by atoms with Crippen LogP contribution in [0.5, 0.6) is 0 Å². The Labute approximate surface area is 121 Å². The van der Waals surface area contributed by atoms with E-state index in [1.807, 2.05) is 13.8 Å². The number of piperazine rings is 1. The average molecular weight is 294 g/mol. The minimum Gasteiger partial charge on any atom is -0.336 e. The lowest BCUT2D eigenvalue weighted by Gasteiger charge is -2.38. The van der Waals surface area contributed by atoms with Crippen molar-refractivity contribution in [1.82, 2.24) is 14.8 Å². The molecule has 2 unspecified atom stereocenters. The molecule has 1 aromatic rings. The Morgan fingerprint density at radius 2 is 2.19 bits per heavy atom. The van der Waals surface area contributed by atoms with Gasteiger partial charge in [-0.3, -0.25) is 24.3 Å². The SMILES string of the molecule is CC1NCCN(C(=O)Cn2cc([N+](=O)[O-])ccc2=O)C1C. The van der Waals surface area contributed by atoms with Crippen molar-refractivity contribution >= 4 is 11.6 Å². The minimum absolute atomic E-state index is 0.0145. The van der Waals surface area contributed by atoms with E-state index >= 15 is 0 Å². The van der Waals surface area contributed by atoms with Gasteiger partial charge in [0.2, 0.25) is 5.91 Å². The third kappa shape index (κ3) is 3.27. The quantitative estimate of drug-likeness (QED) is 0.623. The van der Waals surface area contributed by atoms with Gasteiger partial charge in [0.1, 0.15) is 6.54 Å². The molecule has 0 spiro atoms. The first-order chi connectivity index (χ1) is 9.90. The summed E-state index contributed by atoms with van der Waals surface area (Å²) < 4.78 is 1.08. The Bertz CT molecular complexity index is 612. The summed E-state index contributed by atoms with van der Waals surface area (Å²) in [6.45, 7) is 5.00. The second kappa shape index (κ2) is 6.04. The minimum atomic E-state index is -0.587. The van der Waals surface area contributed by atoms with E-state index in [0.29, 0.717) is 13.1 Å². The molecule has 1 fully saturated rings. The van der Waals surface area contributed by atoms with E-state index in [0.717, 1.165) is 22.9 Å². The fourth-order valence-electron chi connectivity index (χ4n) is 2.40. The first kappa shape index (κ1) is 15.2. The summed E-state index contributed by atoms with van der Waals surface area (Å²) in [4.78, 5) is 35.9. The van der Waals surface area contributed by atoms with Crippen LogP contribution in [0.4, 0.5) is 5.69 Å². The summed E-state index contributed by atoms with van der Waals surface area (Å²) in [5, 5.41) is 14.0. The molecule has 0 saturated carbocycles. The number of carbonyl (C=O) groups excluding carboxylic acids is 1. The molecule has 0 aromatic carbocycles. The summed E-state index contributed by atoms with van der Waals surface area (Å²) >= 11 is 0. The van der Waals surface area contributed by atoms with Crippen molar-refractivity contribution in [2.24, 2.45) is 0 Å². The van der Waals surface area contributed by atoms with Gasteiger partial charge in [-0.2, -0.15) is 0 Å². The number of hydrogen-bond acceptors (Lipinski definition) is 5. The molecule has 8 heteroatoms. The van der Waals surface area contributed by atoms with E-state index in [1.54, 1.807) is 4.90 Å². The molecule has 2 rings (SSSR count). The van der Waals surface area contributed by atoms with Crippen LogP contribution in [-0.2, 0) is 11.3 Å². The molecule has 1 aromatic heterocycles. The fraction of sp³-hybridized carbons (Fsp3) is 0.538. The standard InChI is InChI=1S/C13H18N4O4/c1-9-10(2)16(6-5-14-9)13(19)8-15-7-11(17(20)21)3-4-12(15)18/h3-4,7,9-10,14H,5-6,8H2,1-2H3. The van der Waals surface area contributed by atoms with Crippen LogP contribution >= 0.6 is 0 Å². The largest absolute Gasteiger partial charge is 0.336 e. The van der Waals surface area contributed by atoms with Gasteiger partial charge in [-0.15, -0.1) is 0 Å². The second-order valence-corrected chi connectivity index (χ2v) is 5.18. The zero-order valence-electron chi connectivity index (χ0n) is 12.0. The van der Waals surface area contributed by atoms with Crippen molar-refractivity contribution in [3.63, 3.8) is 0 Å². The molecule has 0 radical (unpaired) electrons. The number of nitro groups is 1. The second-order valence-electron chi connectivity index (χ2n) is 5.18. The third-order valence-electron chi connectivity index (χ3n) is 3.84. The van der Waals surface area contributed by atoms with E-state index in [-0.39, 0.29) is 30.2 Å². The van der Waals surface area contributed by atoms with Crippen LogP contribution in [0.15, 0.2) is 23.1 Å². The predicted molar refractivity (Wildman–Crippen MR) is 76.0 cm³/mol. The van der Waals surface area contributed by atoms with Gasteiger partial charge in [0.05, 0.1) is 11.1 Å². The molecule has 0 bridgehead atoms. The maximum absolute atomic E-state index is 12.3. The lowest BCUT2D eigenvalue weighted by Crippen LogP contribution is -2.58. The molecular weight excluding hydrogens is 276 g/mol. The van der Waals surface area contributed by atoms with Crippen LogP contribution in [0.25, 0.3) is 0 Å². The predicted octanol–water partition coefficient (Wildman–Crippen LogP) is -0.0347. The fourth-order valence-corrected chi connectivity index (χ4v) is 2.40. The summed E-state index contributed by atoms with van der Waals surface area (Å²) in [6.07, 6.45) is 1.11. The van der Waals surface area contributed by atoms with E-state index < -0.39 is 10.5 Å². The zero-order chi connectivity index (χ0) is 15.6. The lowest BCUT2D eigenvalue weighted by molar-refractivity contribution is -0.385. The highest BCUT2D eigenvalue weighted by molar-refractivity contribution is 5.76. The van der Waals surface area contributed by atoms with E-state index in [2.05, 4.69) is 5.32 Å². The Morgan fingerprint density at radius 1 is 1.48 bits per heavy atom. The van der Waals surface area contributed by atoms with Crippen molar-refractivity contribution < 1.29 is 9.72 Å². The van der Waals surface area contributed by atoms with E-state index in [9.17, 15) is 19.7 Å². The Hall–Kier alpha value is -2.22. The van der Waals surface area contributed by atoms with Crippen LogP contribution in [0.2, 0.25) is 0 Å². The maximum atomic E-state index is 12.3. The summed E-state index contributed by atoms with van der Waals surface area (Å²) in [6, 6.07) is 2.43. The molecule has 114 valence electrons. The van der Waals surface area contributed by atoms with Crippen LogP contribution in [0.3, 0.4) is 0 Å². The number of carbonyl (C=O) groups is 1. The first-order valence-corrected chi connectivity index (χ1v) is 6.78. The van der Waals surface area contributed by atoms with Gasteiger partial charge < -0.3 is 10.2 Å². The normalized spacial score (nSPS) is 22.1. The molecule has 21 heavy (non-hydrogen) atoms. The van der Waals surface area contributed by atoms with Gasteiger partial charge in [0, 0.05) is 37.3 Å². The van der Waals surface area contributed by atoms with E-state index in [1.165, 1.54) is 0 Å². The maximum Gasteiger partial charge on any atom is 0.285 e. The van der Waals surface area contributed by atoms with Crippen molar-refractivity contribution in [2.45, 2.75) is 32.5 Å². The number of amides is 1. The molecule has 1 N–H and O–H groups in total. The molecule has 2 atom stereocenters. The molecule has 1 saturated heterocycles. The highest BCUT2D eigenvalue weighted by Gasteiger charge is 2.28. The molecule has 2 heterocycles. The average Bonchev–Trinajstić information content (AvgIpc) is 2.43. The smallest absolute Gasteiger partial charge is 0.285 e.